The van der Waals surface area contributed by atoms with Crippen LogP contribution in [0.4, 0.5) is 17.1 Å². The van der Waals surface area contributed by atoms with E-state index < -0.39 is 10.8 Å². The van der Waals surface area contributed by atoms with E-state index in [1.165, 1.54) is 29.2 Å². The van der Waals surface area contributed by atoms with Crippen LogP contribution in [0.1, 0.15) is 35.0 Å². The zero-order valence-corrected chi connectivity index (χ0v) is 18.7. The van der Waals surface area contributed by atoms with Gasteiger partial charge in [-0.15, -0.1) is 11.3 Å². The van der Waals surface area contributed by atoms with Gasteiger partial charge in [-0.3, -0.25) is 19.7 Å². The second-order valence-electron chi connectivity index (χ2n) is 6.68. The molecule has 0 aliphatic heterocycles. The summed E-state index contributed by atoms with van der Waals surface area (Å²) in [5.74, 6) is -0.618. The molecule has 0 aliphatic rings. The minimum atomic E-state index is -0.508. The highest BCUT2D eigenvalue weighted by molar-refractivity contribution is 8.01. The van der Waals surface area contributed by atoms with E-state index in [-0.39, 0.29) is 17.2 Å². The minimum Gasteiger partial charge on any atom is -0.326 e. The fourth-order valence-corrected chi connectivity index (χ4v) is 4.52. The van der Waals surface area contributed by atoms with Crippen molar-refractivity contribution in [1.82, 2.24) is 4.98 Å². The van der Waals surface area contributed by atoms with Crippen LogP contribution >= 0.6 is 23.1 Å². The van der Waals surface area contributed by atoms with Crippen LogP contribution in [-0.4, -0.2) is 21.7 Å². The number of nitrogens with zero attached hydrogens (tertiary/aromatic N) is 2. The Hall–Kier alpha value is -3.24. The first-order valence-electron chi connectivity index (χ1n) is 9.37. The number of anilines is 2. The number of amides is 2. The second kappa shape index (κ2) is 9.71. The lowest BCUT2D eigenvalue weighted by atomic mass is 10.1. The van der Waals surface area contributed by atoms with Gasteiger partial charge in [0.1, 0.15) is 0 Å². The molecule has 0 saturated carbocycles. The molecule has 0 unspecified atom stereocenters. The quantitative estimate of drug-likeness (QED) is 0.362. The number of nitro groups is 1. The van der Waals surface area contributed by atoms with Crippen molar-refractivity contribution in [3.05, 3.63) is 68.7 Å². The highest BCUT2D eigenvalue weighted by Crippen LogP contribution is 2.37. The molecule has 2 N–H and O–H groups in total. The predicted molar refractivity (Wildman–Crippen MR) is 122 cm³/mol. The van der Waals surface area contributed by atoms with Gasteiger partial charge in [0.15, 0.2) is 4.34 Å². The molecule has 0 bridgehead atoms. The molecule has 1 aromatic heterocycles. The van der Waals surface area contributed by atoms with Crippen LogP contribution in [0.2, 0.25) is 0 Å². The van der Waals surface area contributed by atoms with E-state index in [4.69, 9.17) is 0 Å². The van der Waals surface area contributed by atoms with Crippen LogP contribution in [0.5, 0.6) is 0 Å². The standard InChI is InChI=1S/C21H20N4O4S2/c1-4-19(26)23-15-7-5-12(2)16(10-15)24-20(27)14-6-8-18(17(9-14)25(28)29)31-21-22-13(3)11-30-21/h5-11H,4H2,1-3H3,(H,23,26)(H,24,27). The molecule has 0 atom stereocenters. The Morgan fingerprint density at radius 2 is 1.94 bits per heavy atom. The maximum atomic E-state index is 12.8. The smallest absolute Gasteiger partial charge is 0.284 e. The average Bonchev–Trinajstić information content (AvgIpc) is 3.15. The van der Waals surface area contributed by atoms with Gasteiger partial charge in [-0.25, -0.2) is 4.98 Å². The molecule has 2 aromatic carbocycles. The molecule has 0 aliphatic carbocycles. The number of aromatic nitrogens is 1. The molecule has 3 rings (SSSR count). The third kappa shape index (κ3) is 5.68. The lowest BCUT2D eigenvalue weighted by molar-refractivity contribution is -0.387. The summed E-state index contributed by atoms with van der Waals surface area (Å²) in [4.78, 5) is 40.2. The van der Waals surface area contributed by atoms with Gasteiger partial charge in [-0.2, -0.15) is 0 Å². The van der Waals surface area contributed by atoms with E-state index >= 15 is 0 Å². The molecular formula is C21H20N4O4S2. The van der Waals surface area contributed by atoms with E-state index in [0.29, 0.717) is 27.0 Å². The number of carbonyl (C=O) groups is 2. The number of nitro benzene ring substituents is 1. The third-order valence-electron chi connectivity index (χ3n) is 4.30. The number of benzene rings is 2. The second-order valence-corrected chi connectivity index (χ2v) is 8.83. The van der Waals surface area contributed by atoms with Crippen LogP contribution in [-0.2, 0) is 4.79 Å². The number of aryl methyl sites for hydroxylation is 2. The lowest BCUT2D eigenvalue weighted by Crippen LogP contribution is -2.14. The summed E-state index contributed by atoms with van der Waals surface area (Å²) in [7, 11) is 0. The van der Waals surface area contributed by atoms with Crippen molar-refractivity contribution in [2.75, 3.05) is 10.6 Å². The van der Waals surface area contributed by atoms with E-state index in [9.17, 15) is 19.7 Å². The van der Waals surface area contributed by atoms with Crippen molar-refractivity contribution in [3.63, 3.8) is 0 Å². The van der Waals surface area contributed by atoms with Gasteiger partial charge in [0.25, 0.3) is 11.6 Å². The largest absolute Gasteiger partial charge is 0.326 e. The average molecular weight is 457 g/mol. The van der Waals surface area contributed by atoms with Crippen LogP contribution < -0.4 is 10.6 Å². The molecule has 0 saturated heterocycles. The van der Waals surface area contributed by atoms with Crippen molar-refractivity contribution in [3.8, 4) is 0 Å². The van der Waals surface area contributed by atoms with Gasteiger partial charge >= 0.3 is 0 Å². The number of rotatable bonds is 7. The Morgan fingerprint density at radius 1 is 1.16 bits per heavy atom. The Bertz CT molecular complexity index is 1160. The summed E-state index contributed by atoms with van der Waals surface area (Å²) in [5, 5.41) is 19.0. The van der Waals surface area contributed by atoms with Gasteiger partial charge in [0.2, 0.25) is 5.91 Å². The van der Waals surface area contributed by atoms with Crippen molar-refractivity contribution in [2.45, 2.75) is 36.4 Å². The molecule has 10 heteroatoms. The normalized spacial score (nSPS) is 10.5. The number of thiazole rings is 1. The van der Waals surface area contributed by atoms with Crippen LogP contribution in [0.15, 0.2) is 51.0 Å². The first-order valence-corrected chi connectivity index (χ1v) is 11.1. The number of carbonyl (C=O) groups excluding carboxylic acids is 2. The predicted octanol–water partition coefficient (Wildman–Crippen LogP) is 5.42. The van der Waals surface area contributed by atoms with Crippen LogP contribution in [0, 0.1) is 24.0 Å². The molecule has 0 radical (unpaired) electrons. The van der Waals surface area contributed by atoms with Gasteiger partial charge in [0.05, 0.1) is 9.82 Å². The van der Waals surface area contributed by atoms with E-state index in [0.717, 1.165) is 11.3 Å². The minimum absolute atomic E-state index is 0.139. The molecule has 31 heavy (non-hydrogen) atoms. The first-order chi connectivity index (χ1) is 14.8. The summed E-state index contributed by atoms with van der Waals surface area (Å²) in [6.45, 7) is 5.42. The van der Waals surface area contributed by atoms with Gasteiger partial charge in [-0.1, -0.05) is 24.8 Å². The molecule has 0 spiro atoms. The summed E-state index contributed by atoms with van der Waals surface area (Å²) in [6.07, 6.45) is 0.337. The molecule has 0 fully saturated rings. The summed E-state index contributed by atoms with van der Waals surface area (Å²) in [6, 6.07) is 9.54. The van der Waals surface area contributed by atoms with Crippen molar-refractivity contribution in [2.24, 2.45) is 0 Å². The van der Waals surface area contributed by atoms with Gasteiger partial charge < -0.3 is 10.6 Å². The van der Waals surface area contributed by atoms with E-state index in [1.807, 2.05) is 19.2 Å². The van der Waals surface area contributed by atoms with Gasteiger partial charge in [-0.05, 0) is 43.7 Å². The Kier molecular flexibility index (Phi) is 7.03. The van der Waals surface area contributed by atoms with Crippen LogP contribution in [0.25, 0.3) is 0 Å². The van der Waals surface area contributed by atoms with Crippen molar-refractivity contribution in [1.29, 1.82) is 0 Å². The van der Waals surface area contributed by atoms with E-state index in [1.54, 1.807) is 37.3 Å². The number of hydrogen-bond acceptors (Lipinski definition) is 7. The van der Waals surface area contributed by atoms with E-state index in [2.05, 4.69) is 15.6 Å². The highest BCUT2D eigenvalue weighted by atomic mass is 32.2. The molecular weight excluding hydrogens is 436 g/mol. The zero-order valence-electron chi connectivity index (χ0n) is 17.1. The summed E-state index contributed by atoms with van der Waals surface area (Å²) in [5.41, 5.74) is 2.71. The fraction of sp³-hybridized carbons (Fsp3) is 0.190. The Morgan fingerprint density at radius 3 is 2.58 bits per heavy atom. The first kappa shape index (κ1) is 22.4. The molecule has 160 valence electrons. The van der Waals surface area contributed by atoms with Crippen molar-refractivity contribution >= 4 is 52.0 Å². The Labute approximate surface area is 187 Å². The SMILES string of the molecule is CCC(=O)Nc1ccc(C)c(NC(=O)c2ccc(Sc3nc(C)cs3)c([N+](=O)[O-])c2)c1. The molecule has 3 aromatic rings. The maximum Gasteiger partial charge on any atom is 0.284 e. The summed E-state index contributed by atoms with van der Waals surface area (Å²) >= 11 is 2.60. The zero-order chi connectivity index (χ0) is 22.5. The summed E-state index contributed by atoms with van der Waals surface area (Å²) < 4.78 is 0.694. The number of nitrogens with one attached hydrogen (secondary N) is 2. The number of hydrogen-bond donors (Lipinski definition) is 2. The monoisotopic (exact) mass is 456 g/mol. The fourth-order valence-electron chi connectivity index (χ4n) is 2.64. The third-order valence-corrected chi connectivity index (χ3v) is 6.43. The maximum absolute atomic E-state index is 12.8. The van der Waals surface area contributed by atoms with Crippen molar-refractivity contribution < 1.29 is 14.5 Å². The lowest BCUT2D eigenvalue weighted by Gasteiger charge is -2.12. The highest BCUT2D eigenvalue weighted by Gasteiger charge is 2.20. The topological polar surface area (TPSA) is 114 Å². The molecule has 1 heterocycles. The Balaban J connectivity index is 1.83. The van der Waals surface area contributed by atoms with Crippen LogP contribution in [0.3, 0.4) is 0 Å². The van der Waals surface area contributed by atoms with Gasteiger partial charge in [0, 0.05) is 40.5 Å². The molecule has 2 amide bonds. The molecule has 8 nitrogen and oxygen atoms in total.